The van der Waals surface area contributed by atoms with Gasteiger partial charge in [-0.1, -0.05) is 25.1 Å². The lowest BCUT2D eigenvalue weighted by Gasteiger charge is -2.13. The van der Waals surface area contributed by atoms with Gasteiger partial charge in [-0.15, -0.1) is 0 Å². The van der Waals surface area contributed by atoms with Crippen LogP contribution in [0.5, 0.6) is 0 Å². The van der Waals surface area contributed by atoms with Crippen molar-refractivity contribution in [3.8, 4) is 11.5 Å². The molecule has 0 spiro atoms. The number of carbonyl (C=O) groups excluding carboxylic acids is 1. The average molecular weight is 308 g/mol. The molecule has 118 valence electrons. The molecular formula is C19H20N2O2. The van der Waals surface area contributed by atoms with E-state index < -0.39 is 0 Å². The average Bonchev–Trinajstić information content (AvgIpc) is 3.00. The van der Waals surface area contributed by atoms with Crippen LogP contribution in [-0.2, 0) is 0 Å². The molecule has 1 N–H and O–H groups in total. The summed E-state index contributed by atoms with van der Waals surface area (Å²) in [7, 11) is 0. The van der Waals surface area contributed by atoms with Gasteiger partial charge in [-0.3, -0.25) is 4.79 Å². The predicted octanol–water partition coefficient (Wildman–Crippen LogP) is 4.33. The number of fused-ring (bicyclic) bond motifs is 1. The third-order valence-corrected chi connectivity index (χ3v) is 3.94. The van der Waals surface area contributed by atoms with Crippen LogP contribution < -0.4 is 5.32 Å². The molecule has 1 atom stereocenters. The van der Waals surface area contributed by atoms with Crippen molar-refractivity contribution in [2.45, 2.75) is 33.2 Å². The van der Waals surface area contributed by atoms with Crippen LogP contribution >= 0.6 is 0 Å². The number of hydrogen-bond donors (Lipinski definition) is 1. The minimum absolute atomic E-state index is 0.0810. The van der Waals surface area contributed by atoms with E-state index >= 15 is 0 Å². The van der Waals surface area contributed by atoms with Gasteiger partial charge in [0.05, 0.1) is 11.1 Å². The van der Waals surface area contributed by atoms with Crippen molar-refractivity contribution in [2.75, 3.05) is 0 Å². The fourth-order valence-corrected chi connectivity index (χ4v) is 2.47. The van der Waals surface area contributed by atoms with Crippen LogP contribution in [0.15, 0.2) is 46.9 Å². The molecule has 0 bridgehead atoms. The Morgan fingerprint density at radius 1 is 1.26 bits per heavy atom. The zero-order chi connectivity index (χ0) is 16.4. The topological polar surface area (TPSA) is 55.1 Å². The number of amides is 1. The van der Waals surface area contributed by atoms with E-state index in [0.717, 1.165) is 23.1 Å². The maximum absolute atomic E-state index is 12.6. The lowest BCUT2D eigenvalue weighted by atomic mass is 10.1. The molecule has 23 heavy (non-hydrogen) atoms. The van der Waals surface area contributed by atoms with Crippen molar-refractivity contribution in [2.24, 2.45) is 0 Å². The molecule has 0 unspecified atom stereocenters. The van der Waals surface area contributed by atoms with Gasteiger partial charge in [0.25, 0.3) is 5.91 Å². The molecule has 0 aliphatic rings. The molecular weight excluding hydrogens is 288 g/mol. The number of hydrogen-bond acceptors (Lipinski definition) is 3. The van der Waals surface area contributed by atoms with E-state index in [1.54, 1.807) is 6.07 Å². The van der Waals surface area contributed by atoms with E-state index in [4.69, 9.17) is 4.42 Å². The first-order valence-corrected chi connectivity index (χ1v) is 7.86. The second kappa shape index (κ2) is 6.24. The van der Waals surface area contributed by atoms with Gasteiger partial charge < -0.3 is 9.73 Å². The third kappa shape index (κ3) is 3.11. The van der Waals surface area contributed by atoms with Crippen LogP contribution in [-0.4, -0.2) is 16.9 Å². The summed E-state index contributed by atoms with van der Waals surface area (Å²) in [4.78, 5) is 17.3. The molecule has 3 rings (SSSR count). The first kappa shape index (κ1) is 15.3. The molecule has 1 amide bonds. The number of pyridine rings is 1. The number of carbonyl (C=O) groups is 1. The first-order chi connectivity index (χ1) is 11.1. The Balaban J connectivity index is 2.13. The fourth-order valence-electron chi connectivity index (χ4n) is 2.47. The predicted molar refractivity (Wildman–Crippen MR) is 91.4 cm³/mol. The van der Waals surface area contributed by atoms with E-state index in [0.29, 0.717) is 17.0 Å². The zero-order valence-corrected chi connectivity index (χ0v) is 13.6. The number of rotatable bonds is 4. The molecule has 0 saturated heterocycles. The van der Waals surface area contributed by atoms with Crippen molar-refractivity contribution in [1.29, 1.82) is 0 Å². The van der Waals surface area contributed by atoms with Crippen molar-refractivity contribution in [3.63, 3.8) is 0 Å². The van der Waals surface area contributed by atoms with Crippen LogP contribution in [0.25, 0.3) is 22.4 Å². The molecule has 0 fully saturated rings. The maximum atomic E-state index is 12.6. The van der Waals surface area contributed by atoms with Gasteiger partial charge in [-0.25, -0.2) is 4.98 Å². The van der Waals surface area contributed by atoms with Gasteiger partial charge in [0.2, 0.25) is 0 Å². The van der Waals surface area contributed by atoms with E-state index in [9.17, 15) is 4.79 Å². The minimum atomic E-state index is -0.0810. The number of aryl methyl sites for hydroxylation is 1. The standard InChI is InChI=1S/C19H20N2O2/c1-4-12(2)20-19(22)15-11-17(18-10-9-13(3)23-18)21-16-8-6-5-7-14(15)16/h5-12H,4H2,1-3H3,(H,20,22)/t12-/m1/s1. The van der Waals surface area contributed by atoms with Gasteiger partial charge in [-0.05, 0) is 44.5 Å². The SMILES string of the molecule is CC[C@@H](C)NC(=O)c1cc(-c2ccc(C)o2)nc2ccccc12. The molecule has 2 aromatic heterocycles. The van der Waals surface area contributed by atoms with Crippen LogP contribution in [0, 0.1) is 6.92 Å². The summed E-state index contributed by atoms with van der Waals surface area (Å²) in [5.41, 5.74) is 2.08. The molecule has 0 saturated carbocycles. The largest absolute Gasteiger partial charge is 0.460 e. The van der Waals surface area contributed by atoms with E-state index in [1.165, 1.54) is 0 Å². The third-order valence-electron chi connectivity index (χ3n) is 3.94. The number of aromatic nitrogens is 1. The Morgan fingerprint density at radius 3 is 2.74 bits per heavy atom. The van der Waals surface area contributed by atoms with Gasteiger partial charge in [-0.2, -0.15) is 0 Å². The fraction of sp³-hybridized carbons (Fsp3) is 0.263. The van der Waals surface area contributed by atoms with Crippen molar-refractivity contribution in [1.82, 2.24) is 10.3 Å². The van der Waals surface area contributed by atoms with Crippen LogP contribution in [0.4, 0.5) is 0 Å². The highest BCUT2D eigenvalue weighted by molar-refractivity contribution is 6.07. The summed E-state index contributed by atoms with van der Waals surface area (Å²) in [6, 6.07) is 13.4. The molecule has 3 aromatic rings. The van der Waals surface area contributed by atoms with Gasteiger partial charge in [0, 0.05) is 11.4 Å². The van der Waals surface area contributed by atoms with Gasteiger partial charge in [0.1, 0.15) is 11.5 Å². The summed E-state index contributed by atoms with van der Waals surface area (Å²) >= 11 is 0. The highest BCUT2D eigenvalue weighted by atomic mass is 16.3. The van der Waals surface area contributed by atoms with Crippen LogP contribution in [0.3, 0.4) is 0 Å². The summed E-state index contributed by atoms with van der Waals surface area (Å²) in [5, 5.41) is 3.87. The number of nitrogens with one attached hydrogen (secondary N) is 1. The summed E-state index contributed by atoms with van der Waals surface area (Å²) in [6.45, 7) is 5.94. The van der Waals surface area contributed by atoms with Crippen LogP contribution in [0.2, 0.25) is 0 Å². The summed E-state index contributed by atoms with van der Waals surface area (Å²) < 4.78 is 5.66. The lowest BCUT2D eigenvalue weighted by Crippen LogP contribution is -2.32. The van der Waals surface area contributed by atoms with E-state index in [1.807, 2.05) is 57.2 Å². The quantitative estimate of drug-likeness (QED) is 0.780. The second-order valence-electron chi connectivity index (χ2n) is 5.77. The highest BCUT2D eigenvalue weighted by Gasteiger charge is 2.16. The zero-order valence-electron chi connectivity index (χ0n) is 13.6. The molecule has 0 aliphatic heterocycles. The monoisotopic (exact) mass is 308 g/mol. The van der Waals surface area contributed by atoms with Crippen molar-refractivity contribution in [3.05, 3.63) is 53.8 Å². The number of para-hydroxylation sites is 1. The lowest BCUT2D eigenvalue weighted by molar-refractivity contribution is 0.0941. The molecule has 1 aromatic carbocycles. The number of nitrogens with zero attached hydrogens (tertiary/aromatic N) is 1. The maximum Gasteiger partial charge on any atom is 0.252 e. The van der Waals surface area contributed by atoms with Crippen molar-refractivity contribution < 1.29 is 9.21 Å². The Morgan fingerprint density at radius 2 is 2.04 bits per heavy atom. The Hall–Kier alpha value is -2.62. The van der Waals surface area contributed by atoms with E-state index in [-0.39, 0.29) is 11.9 Å². The van der Waals surface area contributed by atoms with Crippen molar-refractivity contribution >= 4 is 16.8 Å². The Labute approximate surface area is 135 Å². The molecule has 0 radical (unpaired) electrons. The first-order valence-electron chi connectivity index (χ1n) is 7.86. The van der Waals surface area contributed by atoms with E-state index in [2.05, 4.69) is 10.3 Å². The minimum Gasteiger partial charge on any atom is -0.460 e. The summed E-state index contributed by atoms with van der Waals surface area (Å²) in [5.74, 6) is 1.41. The Bertz CT molecular complexity index is 851. The summed E-state index contributed by atoms with van der Waals surface area (Å²) in [6.07, 6.45) is 0.888. The normalized spacial score (nSPS) is 12.3. The highest BCUT2D eigenvalue weighted by Crippen LogP contribution is 2.26. The molecule has 4 heteroatoms. The number of benzene rings is 1. The molecule has 2 heterocycles. The Kier molecular flexibility index (Phi) is 4.15. The molecule has 0 aliphatic carbocycles. The molecule has 4 nitrogen and oxygen atoms in total. The van der Waals surface area contributed by atoms with Gasteiger partial charge in [0.15, 0.2) is 5.76 Å². The second-order valence-corrected chi connectivity index (χ2v) is 5.77. The van der Waals surface area contributed by atoms with Gasteiger partial charge >= 0.3 is 0 Å². The smallest absolute Gasteiger partial charge is 0.252 e. The van der Waals surface area contributed by atoms with Crippen LogP contribution in [0.1, 0.15) is 36.4 Å². The number of furan rings is 1.